The summed E-state index contributed by atoms with van der Waals surface area (Å²) in [5.74, 6) is 0. The minimum atomic E-state index is 0.792. The number of benzene rings is 3. The molecule has 0 fully saturated rings. The average Bonchev–Trinajstić information content (AvgIpc) is 2.52. The summed E-state index contributed by atoms with van der Waals surface area (Å²) in [6.07, 6.45) is 1.89. The minimum absolute atomic E-state index is 0.792. The molecule has 0 saturated heterocycles. The van der Waals surface area contributed by atoms with E-state index in [1.807, 2.05) is 18.3 Å². The van der Waals surface area contributed by atoms with Crippen molar-refractivity contribution in [2.24, 2.45) is 0 Å². The predicted molar refractivity (Wildman–Crippen MR) is 98.6 cm³/mol. The molecule has 0 bridgehead atoms. The van der Waals surface area contributed by atoms with Crippen LogP contribution >= 0.6 is 0 Å². The van der Waals surface area contributed by atoms with Crippen LogP contribution in [0.1, 0.15) is 11.1 Å². The number of nitrogens with two attached hydrogens (primary N) is 1. The lowest BCUT2D eigenvalue weighted by Gasteiger charge is -2.10. The van der Waals surface area contributed by atoms with Gasteiger partial charge in [0.05, 0.1) is 5.69 Å². The van der Waals surface area contributed by atoms with E-state index in [2.05, 4.69) is 61.3 Å². The number of pyridine rings is 1. The fourth-order valence-corrected chi connectivity index (χ4v) is 3.36. The molecule has 1 aromatic heterocycles. The largest absolute Gasteiger partial charge is 0.399 e. The molecule has 23 heavy (non-hydrogen) atoms. The second kappa shape index (κ2) is 5.10. The number of hydrogen-bond acceptors (Lipinski definition) is 2. The summed E-state index contributed by atoms with van der Waals surface area (Å²) in [6, 6.07) is 19.0. The molecule has 0 aliphatic carbocycles. The Labute approximate surface area is 135 Å². The summed E-state index contributed by atoms with van der Waals surface area (Å²) in [5.41, 5.74) is 11.4. The maximum atomic E-state index is 5.91. The van der Waals surface area contributed by atoms with Crippen molar-refractivity contribution in [1.29, 1.82) is 0 Å². The van der Waals surface area contributed by atoms with Gasteiger partial charge in [-0.25, -0.2) is 0 Å². The van der Waals surface area contributed by atoms with Crippen LogP contribution in [0.3, 0.4) is 0 Å². The normalized spacial score (nSPS) is 11.2. The molecule has 3 aromatic carbocycles. The predicted octanol–water partition coefficient (Wildman–Crippen LogP) is 5.25. The Hall–Kier alpha value is -2.87. The van der Waals surface area contributed by atoms with Gasteiger partial charge in [0.2, 0.25) is 0 Å². The molecule has 0 aliphatic rings. The SMILES string of the molecule is Cc1cc(C)cc(-c2nccc3c2ccc2cc(N)ccc23)c1. The highest BCUT2D eigenvalue weighted by molar-refractivity contribution is 6.11. The van der Waals surface area contributed by atoms with Gasteiger partial charge in [-0.2, -0.15) is 0 Å². The molecule has 2 N–H and O–H groups in total. The first-order chi connectivity index (χ1) is 11.1. The van der Waals surface area contributed by atoms with Gasteiger partial charge in [0.1, 0.15) is 0 Å². The van der Waals surface area contributed by atoms with Gasteiger partial charge >= 0.3 is 0 Å². The van der Waals surface area contributed by atoms with Crippen molar-refractivity contribution in [3.8, 4) is 11.3 Å². The van der Waals surface area contributed by atoms with E-state index >= 15 is 0 Å². The van der Waals surface area contributed by atoms with E-state index in [-0.39, 0.29) is 0 Å². The van der Waals surface area contributed by atoms with Crippen molar-refractivity contribution >= 4 is 27.2 Å². The maximum Gasteiger partial charge on any atom is 0.0780 e. The molecule has 1 heterocycles. The van der Waals surface area contributed by atoms with E-state index < -0.39 is 0 Å². The topological polar surface area (TPSA) is 38.9 Å². The van der Waals surface area contributed by atoms with Crippen LogP contribution in [0.5, 0.6) is 0 Å². The molecule has 4 rings (SSSR count). The molecule has 0 aliphatic heterocycles. The Morgan fingerprint density at radius 2 is 1.48 bits per heavy atom. The number of hydrogen-bond donors (Lipinski definition) is 1. The summed E-state index contributed by atoms with van der Waals surface area (Å²) in [7, 11) is 0. The van der Waals surface area contributed by atoms with Gasteiger partial charge in [0, 0.05) is 22.8 Å². The zero-order chi connectivity index (χ0) is 16.0. The van der Waals surface area contributed by atoms with Gasteiger partial charge < -0.3 is 5.73 Å². The molecule has 112 valence electrons. The molecule has 0 unspecified atom stereocenters. The van der Waals surface area contributed by atoms with E-state index in [0.29, 0.717) is 0 Å². The highest BCUT2D eigenvalue weighted by Crippen LogP contribution is 2.33. The summed E-state index contributed by atoms with van der Waals surface area (Å²) in [6.45, 7) is 4.25. The Kier molecular flexibility index (Phi) is 3.05. The third-order valence-electron chi connectivity index (χ3n) is 4.28. The van der Waals surface area contributed by atoms with Crippen LogP contribution in [0.4, 0.5) is 5.69 Å². The molecule has 2 nitrogen and oxygen atoms in total. The fourth-order valence-electron chi connectivity index (χ4n) is 3.36. The van der Waals surface area contributed by atoms with Crippen LogP contribution in [-0.2, 0) is 0 Å². The summed E-state index contributed by atoms with van der Waals surface area (Å²) >= 11 is 0. The third-order valence-corrected chi connectivity index (χ3v) is 4.28. The number of anilines is 1. The molecular formula is C21H18N2. The van der Waals surface area contributed by atoms with Crippen molar-refractivity contribution in [1.82, 2.24) is 4.98 Å². The van der Waals surface area contributed by atoms with Crippen molar-refractivity contribution < 1.29 is 0 Å². The van der Waals surface area contributed by atoms with Crippen LogP contribution in [0, 0.1) is 13.8 Å². The van der Waals surface area contributed by atoms with E-state index in [0.717, 1.165) is 16.8 Å². The Bertz CT molecular complexity index is 1030. The standard InChI is InChI=1S/C21H18N2/c1-13-9-14(2)11-16(10-13)21-20-5-3-15-12-17(22)4-6-18(15)19(20)7-8-23-21/h3-12H,22H2,1-2H3. The molecule has 4 aromatic rings. The van der Waals surface area contributed by atoms with Crippen LogP contribution in [0.2, 0.25) is 0 Å². The zero-order valence-electron chi connectivity index (χ0n) is 13.3. The fraction of sp³-hybridized carbons (Fsp3) is 0.0952. The van der Waals surface area contributed by atoms with Gasteiger partial charge in [0.15, 0.2) is 0 Å². The van der Waals surface area contributed by atoms with E-state index in [1.54, 1.807) is 0 Å². The number of rotatable bonds is 1. The molecule has 0 atom stereocenters. The lowest BCUT2D eigenvalue weighted by atomic mass is 9.97. The van der Waals surface area contributed by atoms with Crippen LogP contribution in [0.15, 0.2) is 60.8 Å². The maximum absolute atomic E-state index is 5.91. The van der Waals surface area contributed by atoms with Crippen molar-refractivity contribution in [2.75, 3.05) is 5.73 Å². The number of aryl methyl sites for hydroxylation is 2. The van der Waals surface area contributed by atoms with Crippen molar-refractivity contribution in [3.05, 3.63) is 71.9 Å². The zero-order valence-corrected chi connectivity index (χ0v) is 13.3. The highest BCUT2D eigenvalue weighted by atomic mass is 14.7. The minimum Gasteiger partial charge on any atom is -0.399 e. The second-order valence-corrected chi connectivity index (χ2v) is 6.18. The molecule has 0 radical (unpaired) electrons. The summed E-state index contributed by atoms with van der Waals surface area (Å²) in [5, 5.41) is 4.77. The average molecular weight is 298 g/mol. The van der Waals surface area contributed by atoms with E-state index in [4.69, 9.17) is 5.73 Å². The van der Waals surface area contributed by atoms with Gasteiger partial charge in [-0.3, -0.25) is 4.98 Å². The van der Waals surface area contributed by atoms with Crippen molar-refractivity contribution in [2.45, 2.75) is 13.8 Å². The van der Waals surface area contributed by atoms with Crippen LogP contribution in [-0.4, -0.2) is 4.98 Å². The summed E-state index contributed by atoms with van der Waals surface area (Å²) in [4.78, 5) is 4.66. The van der Waals surface area contributed by atoms with Crippen LogP contribution in [0.25, 0.3) is 32.8 Å². The van der Waals surface area contributed by atoms with Gasteiger partial charge in [-0.1, -0.05) is 35.4 Å². The van der Waals surface area contributed by atoms with Gasteiger partial charge in [0.25, 0.3) is 0 Å². The third kappa shape index (κ3) is 2.33. The van der Waals surface area contributed by atoms with Crippen LogP contribution < -0.4 is 5.73 Å². The van der Waals surface area contributed by atoms with E-state index in [9.17, 15) is 0 Å². The quantitative estimate of drug-likeness (QED) is 0.385. The lowest BCUT2D eigenvalue weighted by molar-refractivity contribution is 1.33. The smallest absolute Gasteiger partial charge is 0.0780 e. The van der Waals surface area contributed by atoms with Crippen molar-refractivity contribution in [3.63, 3.8) is 0 Å². The molecular weight excluding hydrogens is 280 g/mol. The Morgan fingerprint density at radius 1 is 0.739 bits per heavy atom. The van der Waals surface area contributed by atoms with E-state index in [1.165, 1.54) is 32.8 Å². The molecule has 0 amide bonds. The molecule has 2 heteroatoms. The molecule has 0 saturated carbocycles. The number of nitrogens with zero attached hydrogens (tertiary/aromatic N) is 1. The lowest BCUT2D eigenvalue weighted by Crippen LogP contribution is -1.90. The number of aromatic nitrogens is 1. The Morgan fingerprint density at radius 3 is 2.26 bits per heavy atom. The monoisotopic (exact) mass is 298 g/mol. The highest BCUT2D eigenvalue weighted by Gasteiger charge is 2.09. The first-order valence-corrected chi connectivity index (χ1v) is 7.77. The number of nitrogen functional groups attached to an aromatic ring is 1. The first kappa shape index (κ1) is 13.8. The first-order valence-electron chi connectivity index (χ1n) is 7.77. The second-order valence-electron chi connectivity index (χ2n) is 6.18. The van der Waals surface area contributed by atoms with Gasteiger partial charge in [-0.05, 0) is 60.3 Å². The molecule has 0 spiro atoms. The summed E-state index contributed by atoms with van der Waals surface area (Å²) < 4.78 is 0. The van der Waals surface area contributed by atoms with Gasteiger partial charge in [-0.15, -0.1) is 0 Å². The number of fused-ring (bicyclic) bond motifs is 3. The Balaban J connectivity index is 2.07.